The molecule has 1 aliphatic heterocycles. The summed E-state index contributed by atoms with van der Waals surface area (Å²) in [4.78, 5) is 7.34. The van der Waals surface area contributed by atoms with E-state index in [1.807, 2.05) is 13.0 Å². The quantitative estimate of drug-likeness (QED) is 0.390. The molecule has 0 aliphatic carbocycles. The number of aryl methyl sites for hydroxylation is 1. The smallest absolute Gasteiger partial charge is 0.227 e. The first-order valence-electron chi connectivity index (χ1n) is 11.1. The summed E-state index contributed by atoms with van der Waals surface area (Å²) in [5.74, 6) is 1.62. The Labute approximate surface area is 183 Å². The lowest BCUT2D eigenvalue weighted by Gasteiger charge is -2.31. The SMILES string of the molecule is Cc1oc(-c2cccc3ccccc23)nc1CN1CCC(OCc2ccccc2)CC1. The summed E-state index contributed by atoms with van der Waals surface area (Å²) < 4.78 is 12.2. The second-order valence-electron chi connectivity index (χ2n) is 8.32. The largest absolute Gasteiger partial charge is 0.441 e. The van der Waals surface area contributed by atoms with Crippen molar-refractivity contribution in [3.63, 3.8) is 0 Å². The molecule has 3 aromatic carbocycles. The summed E-state index contributed by atoms with van der Waals surface area (Å²) >= 11 is 0. The molecule has 2 heterocycles. The number of nitrogens with zero attached hydrogens (tertiary/aromatic N) is 2. The summed E-state index contributed by atoms with van der Waals surface area (Å²) in [6.45, 7) is 5.59. The number of benzene rings is 3. The third-order valence-corrected chi connectivity index (χ3v) is 6.15. The van der Waals surface area contributed by atoms with Gasteiger partial charge in [0.1, 0.15) is 5.76 Å². The number of aromatic nitrogens is 1. The summed E-state index contributed by atoms with van der Waals surface area (Å²) in [6, 6.07) is 25.1. The molecule has 0 atom stereocenters. The van der Waals surface area contributed by atoms with Gasteiger partial charge < -0.3 is 9.15 Å². The van der Waals surface area contributed by atoms with E-state index in [2.05, 4.69) is 71.6 Å². The summed E-state index contributed by atoms with van der Waals surface area (Å²) in [7, 11) is 0. The molecule has 158 valence electrons. The second-order valence-corrected chi connectivity index (χ2v) is 8.32. The highest BCUT2D eigenvalue weighted by molar-refractivity contribution is 5.94. The normalized spacial score (nSPS) is 15.5. The molecule has 0 radical (unpaired) electrons. The summed E-state index contributed by atoms with van der Waals surface area (Å²) in [5.41, 5.74) is 3.33. The molecular weight excluding hydrogens is 384 g/mol. The topological polar surface area (TPSA) is 38.5 Å². The van der Waals surface area contributed by atoms with Crippen LogP contribution in [-0.2, 0) is 17.9 Å². The van der Waals surface area contributed by atoms with E-state index >= 15 is 0 Å². The fourth-order valence-corrected chi connectivity index (χ4v) is 4.34. The van der Waals surface area contributed by atoms with Crippen molar-refractivity contribution in [2.24, 2.45) is 0 Å². The van der Waals surface area contributed by atoms with Gasteiger partial charge in [0, 0.05) is 25.2 Å². The molecule has 0 saturated carbocycles. The average Bonchev–Trinajstić information content (AvgIpc) is 3.18. The van der Waals surface area contributed by atoms with Crippen LogP contribution in [0.3, 0.4) is 0 Å². The molecular formula is C27H28N2O2. The van der Waals surface area contributed by atoms with Gasteiger partial charge in [0.2, 0.25) is 5.89 Å². The molecule has 4 aromatic rings. The van der Waals surface area contributed by atoms with Crippen molar-refractivity contribution in [3.8, 4) is 11.5 Å². The van der Waals surface area contributed by atoms with Gasteiger partial charge >= 0.3 is 0 Å². The average molecular weight is 413 g/mol. The third-order valence-electron chi connectivity index (χ3n) is 6.15. The summed E-state index contributed by atoms with van der Waals surface area (Å²) in [5, 5.41) is 2.38. The highest BCUT2D eigenvalue weighted by Gasteiger charge is 2.22. The Bertz CT molecular complexity index is 1140. The Kier molecular flexibility index (Phi) is 5.83. The zero-order valence-corrected chi connectivity index (χ0v) is 18.0. The minimum Gasteiger partial charge on any atom is -0.441 e. The van der Waals surface area contributed by atoms with Crippen molar-refractivity contribution in [3.05, 3.63) is 89.8 Å². The van der Waals surface area contributed by atoms with E-state index < -0.39 is 0 Å². The Morgan fingerprint density at radius 1 is 0.935 bits per heavy atom. The van der Waals surface area contributed by atoms with Crippen molar-refractivity contribution in [2.75, 3.05) is 13.1 Å². The molecule has 5 rings (SSSR count). The molecule has 0 amide bonds. The lowest BCUT2D eigenvalue weighted by atomic mass is 10.0. The second kappa shape index (κ2) is 9.04. The lowest BCUT2D eigenvalue weighted by molar-refractivity contribution is -0.00418. The number of piperidine rings is 1. The van der Waals surface area contributed by atoms with Gasteiger partial charge in [-0.3, -0.25) is 4.90 Å². The molecule has 4 heteroatoms. The van der Waals surface area contributed by atoms with Crippen LogP contribution in [0, 0.1) is 6.92 Å². The van der Waals surface area contributed by atoms with E-state index in [9.17, 15) is 0 Å². The number of fused-ring (bicyclic) bond motifs is 1. The van der Waals surface area contributed by atoms with Crippen molar-refractivity contribution in [1.82, 2.24) is 9.88 Å². The molecule has 1 saturated heterocycles. The number of hydrogen-bond acceptors (Lipinski definition) is 4. The predicted molar refractivity (Wildman–Crippen MR) is 124 cm³/mol. The maximum absolute atomic E-state index is 6.13. The molecule has 1 aromatic heterocycles. The Morgan fingerprint density at radius 2 is 1.68 bits per heavy atom. The van der Waals surface area contributed by atoms with Crippen molar-refractivity contribution >= 4 is 10.8 Å². The van der Waals surface area contributed by atoms with Crippen molar-refractivity contribution in [2.45, 2.75) is 39.0 Å². The van der Waals surface area contributed by atoms with Crippen LogP contribution in [0.15, 0.2) is 77.2 Å². The van der Waals surface area contributed by atoms with Crippen LogP contribution in [0.5, 0.6) is 0 Å². The van der Waals surface area contributed by atoms with E-state index in [4.69, 9.17) is 14.1 Å². The molecule has 4 nitrogen and oxygen atoms in total. The minimum atomic E-state index is 0.334. The van der Waals surface area contributed by atoms with Crippen LogP contribution in [0.4, 0.5) is 0 Å². The van der Waals surface area contributed by atoms with E-state index in [-0.39, 0.29) is 0 Å². The van der Waals surface area contributed by atoms with Gasteiger partial charge in [-0.25, -0.2) is 4.98 Å². The number of ether oxygens (including phenoxy) is 1. The third kappa shape index (κ3) is 4.55. The van der Waals surface area contributed by atoms with Crippen LogP contribution < -0.4 is 0 Å². The first-order valence-corrected chi connectivity index (χ1v) is 11.1. The monoisotopic (exact) mass is 412 g/mol. The molecule has 1 fully saturated rings. The van der Waals surface area contributed by atoms with E-state index in [0.29, 0.717) is 18.6 Å². The van der Waals surface area contributed by atoms with Gasteiger partial charge in [0.15, 0.2) is 0 Å². The molecule has 0 N–H and O–H groups in total. The number of likely N-dealkylation sites (tertiary alicyclic amines) is 1. The zero-order valence-electron chi connectivity index (χ0n) is 18.0. The van der Waals surface area contributed by atoms with Crippen LogP contribution in [0.25, 0.3) is 22.2 Å². The number of hydrogen-bond donors (Lipinski definition) is 0. The Hall–Kier alpha value is -2.95. The summed E-state index contributed by atoms with van der Waals surface area (Å²) in [6.07, 6.45) is 2.45. The molecule has 0 bridgehead atoms. The first-order chi connectivity index (χ1) is 15.3. The van der Waals surface area contributed by atoms with E-state index in [1.165, 1.54) is 16.3 Å². The van der Waals surface area contributed by atoms with E-state index in [0.717, 1.165) is 49.5 Å². The van der Waals surface area contributed by atoms with Crippen LogP contribution in [0.1, 0.15) is 29.9 Å². The van der Waals surface area contributed by atoms with Crippen molar-refractivity contribution in [1.29, 1.82) is 0 Å². The minimum absolute atomic E-state index is 0.334. The van der Waals surface area contributed by atoms with Gasteiger partial charge in [-0.05, 0) is 42.2 Å². The van der Waals surface area contributed by atoms with Gasteiger partial charge in [0.05, 0.1) is 18.4 Å². The van der Waals surface area contributed by atoms with Gasteiger partial charge in [0.25, 0.3) is 0 Å². The van der Waals surface area contributed by atoms with Crippen LogP contribution in [-0.4, -0.2) is 29.1 Å². The van der Waals surface area contributed by atoms with Gasteiger partial charge in [-0.1, -0.05) is 66.7 Å². The van der Waals surface area contributed by atoms with Crippen molar-refractivity contribution < 1.29 is 9.15 Å². The predicted octanol–water partition coefficient (Wildman–Crippen LogP) is 5.98. The number of oxazole rings is 1. The Morgan fingerprint density at radius 3 is 2.52 bits per heavy atom. The molecule has 0 unspecified atom stereocenters. The molecule has 0 spiro atoms. The van der Waals surface area contributed by atoms with Gasteiger partial charge in [-0.15, -0.1) is 0 Å². The van der Waals surface area contributed by atoms with Crippen LogP contribution in [0.2, 0.25) is 0 Å². The standard InChI is InChI=1S/C27H28N2O2/c1-20-26(28-27(31-20)25-13-7-11-22-10-5-6-12-24(22)25)18-29-16-14-23(15-17-29)30-19-21-8-3-2-4-9-21/h2-13,23H,14-19H2,1H3. The number of rotatable bonds is 6. The highest BCUT2D eigenvalue weighted by atomic mass is 16.5. The fraction of sp³-hybridized carbons (Fsp3) is 0.296. The highest BCUT2D eigenvalue weighted by Crippen LogP contribution is 2.30. The molecule has 1 aliphatic rings. The molecule has 31 heavy (non-hydrogen) atoms. The Balaban J connectivity index is 1.21. The zero-order chi connectivity index (χ0) is 21.0. The van der Waals surface area contributed by atoms with E-state index in [1.54, 1.807) is 0 Å². The first kappa shape index (κ1) is 20.0. The lowest BCUT2D eigenvalue weighted by Crippen LogP contribution is -2.36. The fourth-order valence-electron chi connectivity index (χ4n) is 4.34. The maximum Gasteiger partial charge on any atom is 0.227 e. The van der Waals surface area contributed by atoms with Crippen LogP contribution >= 0.6 is 0 Å². The maximum atomic E-state index is 6.13. The van der Waals surface area contributed by atoms with Gasteiger partial charge in [-0.2, -0.15) is 0 Å².